The van der Waals surface area contributed by atoms with Gasteiger partial charge in [0.25, 0.3) is 0 Å². The molecule has 0 N–H and O–H groups in total. The molecule has 1 aliphatic rings. The number of rotatable bonds is 8. The van der Waals surface area contributed by atoms with E-state index in [1.54, 1.807) is 0 Å². The predicted octanol–water partition coefficient (Wildman–Crippen LogP) is 9.27. The van der Waals surface area contributed by atoms with Gasteiger partial charge < -0.3 is 0 Å². The van der Waals surface area contributed by atoms with Crippen LogP contribution < -0.4 is 0 Å². The van der Waals surface area contributed by atoms with Gasteiger partial charge in [0.1, 0.15) is 17.5 Å². The predicted molar refractivity (Wildman–Crippen MR) is 190 cm³/mol. The standard InChI is InChI=1S/C42H34N4O/c1-41(2)25-12-19-38(44-30-41)40-37(33-24-26-43-39(27-33)32-22-20-31(29-47)21-23-32)28-46(45-40)42(34-13-6-3-7-14-34,35-15-8-4-9-16-35)36-17-10-5-11-18-36/h3-30H,1-2H3. The van der Waals surface area contributed by atoms with E-state index in [9.17, 15) is 4.79 Å². The van der Waals surface area contributed by atoms with Crippen LogP contribution in [-0.2, 0) is 5.54 Å². The zero-order chi connectivity index (χ0) is 32.3. The Balaban J connectivity index is 1.52. The molecule has 4 aromatic carbocycles. The monoisotopic (exact) mass is 610 g/mol. The maximum absolute atomic E-state index is 11.3. The highest BCUT2D eigenvalue weighted by Gasteiger charge is 2.40. The zero-order valence-electron chi connectivity index (χ0n) is 26.4. The van der Waals surface area contributed by atoms with Crippen LogP contribution in [0.2, 0.25) is 0 Å². The second-order valence-corrected chi connectivity index (χ2v) is 12.3. The van der Waals surface area contributed by atoms with Gasteiger partial charge in [0.05, 0.1) is 11.4 Å². The van der Waals surface area contributed by atoms with Crippen LogP contribution in [0.15, 0.2) is 163 Å². The Kier molecular flexibility index (Phi) is 7.88. The Labute approximate surface area is 275 Å². The number of carbonyl (C=O) groups is 1. The van der Waals surface area contributed by atoms with Crippen LogP contribution in [0.4, 0.5) is 0 Å². The van der Waals surface area contributed by atoms with E-state index < -0.39 is 5.54 Å². The van der Waals surface area contributed by atoms with Gasteiger partial charge in [-0.3, -0.25) is 19.5 Å². The summed E-state index contributed by atoms with van der Waals surface area (Å²) < 4.78 is 2.10. The van der Waals surface area contributed by atoms with Gasteiger partial charge in [-0.05, 0) is 40.5 Å². The average Bonchev–Trinajstić information content (AvgIpc) is 3.48. The second kappa shape index (κ2) is 12.5. The molecular formula is C42H34N4O. The van der Waals surface area contributed by atoms with Gasteiger partial charge in [-0.1, -0.05) is 141 Å². The number of aliphatic imine (C=N–C) groups is 1. The smallest absolute Gasteiger partial charge is 0.150 e. The molecule has 0 amide bonds. The van der Waals surface area contributed by atoms with Crippen molar-refractivity contribution in [2.75, 3.05) is 0 Å². The first-order chi connectivity index (χ1) is 23.0. The molecule has 5 heteroatoms. The van der Waals surface area contributed by atoms with E-state index in [4.69, 9.17) is 15.1 Å². The van der Waals surface area contributed by atoms with Crippen LogP contribution in [0, 0.1) is 5.41 Å². The summed E-state index contributed by atoms with van der Waals surface area (Å²) in [6.45, 7) is 4.28. The first-order valence-electron chi connectivity index (χ1n) is 15.7. The van der Waals surface area contributed by atoms with E-state index in [0.29, 0.717) is 5.56 Å². The quantitative estimate of drug-likeness (QED) is 0.127. The highest BCUT2D eigenvalue weighted by Crippen LogP contribution is 2.43. The molecule has 0 spiro atoms. The molecule has 6 aromatic rings. The van der Waals surface area contributed by atoms with E-state index in [0.717, 1.165) is 56.8 Å². The van der Waals surface area contributed by atoms with Crippen LogP contribution in [0.1, 0.15) is 46.6 Å². The molecular weight excluding hydrogens is 576 g/mol. The van der Waals surface area contributed by atoms with Crippen molar-refractivity contribution < 1.29 is 4.79 Å². The van der Waals surface area contributed by atoms with Gasteiger partial charge in [-0.15, -0.1) is 0 Å². The number of aldehydes is 1. The summed E-state index contributed by atoms with van der Waals surface area (Å²) in [6.07, 6.45) is 13.1. The van der Waals surface area contributed by atoms with Crippen molar-refractivity contribution in [3.8, 4) is 22.4 Å². The van der Waals surface area contributed by atoms with Crippen molar-refractivity contribution in [3.05, 3.63) is 186 Å². The molecule has 0 unspecified atom stereocenters. The number of aromatic nitrogens is 3. The molecule has 0 saturated heterocycles. The second-order valence-electron chi connectivity index (χ2n) is 12.3. The summed E-state index contributed by atoms with van der Waals surface area (Å²) in [5.41, 5.74) is 8.07. The van der Waals surface area contributed by atoms with Crippen LogP contribution in [-0.4, -0.2) is 27.3 Å². The van der Waals surface area contributed by atoms with Crippen LogP contribution in [0.5, 0.6) is 0 Å². The Morgan fingerprint density at radius 1 is 0.723 bits per heavy atom. The Bertz CT molecular complexity index is 2010. The molecule has 5 nitrogen and oxygen atoms in total. The third-order valence-electron chi connectivity index (χ3n) is 8.60. The minimum Gasteiger partial charge on any atom is -0.298 e. The molecule has 0 bridgehead atoms. The van der Waals surface area contributed by atoms with Crippen molar-refractivity contribution in [2.45, 2.75) is 19.4 Å². The number of nitrogens with zero attached hydrogens (tertiary/aromatic N) is 4. The van der Waals surface area contributed by atoms with Crippen molar-refractivity contribution >= 4 is 18.2 Å². The van der Waals surface area contributed by atoms with E-state index in [1.165, 1.54) is 0 Å². The highest BCUT2D eigenvalue weighted by atomic mass is 16.1. The minimum absolute atomic E-state index is 0.194. The van der Waals surface area contributed by atoms with Gasteiger partial charge in [-0.25, -0.2) is 0 Å². The fraction of sp³-hybridized carbons (Fsp3) is 0.0952. The van der Waals surface area contributed by atoms with Gasteiger partial charge in [0.2, 0.25) is 0 Å². The summed E-state index contributed by atoms with van der Waals surface area (Å²) in [5.74, 6) is 0. The lowest BCUT2D eigenvalue weighted by atomic mass is 9.77. The fourth-order valence-electron chi connectivity index (χ4n) is 6.22. The largest absolute Gasteiger partial charge is 0.298 e. The normalized spacial score (nSPS) is 14.0. The highest BCUT2D eigenvalue weighted by molar-refractivity contribution is 5.86. The molecule has 228 valence electrons. The number of hydrogen-bond acceptors (Lipinski definition) is 4. The maximum atomic E-state index is 11.3. The minimum atomic E-state index is -0.790. The fourth-order valence-corrected chi connectivity index (χ4v) is 6.22. The Morgan fingerprint density at radius 2 is 1.32 bits per heavy atom. The van der Waals surface area contributed by atoms with Crippen molar-refractivity contribution in [2.24, 2.45) is 10.4 Å². The number of carbonyl (C=O) groups excluding carboxylic acids is 1. The number of pyridine rings is 1. The molecule has 0 aliphatic carbocycles. The SMILES string of the molecule is CC1(C)C=CC=C(c2nn(C(c3ccccc3)(c3ccccc3)c3ccccc3)cc2-c2ccnc(-c3ccc(C=O)cc3)c2)N=C1. The van der Waals surface area contributed by atoms with Crippen LogP contribution in [0.25, 0.3) is 28.1 Å². The van der Waals surface area contributed by atoms with Crippen LogP contribution >= 0.6 is 0 Å². The van der Waals surface area contributed by atoms with Crippen LogP contribution in [0.3, 0.4) is 0 Å². The van der Waals surface area contributed by atoms with E-state index >= 15 is 0 Å². The molecule has 7 rings (SSSR count). The summed E-state index contributed by atoms with van der Waals surface area (Å²) in [4.78, 5) is 21.0. The lowest BCUT2D eigenvalue weighted by Crippen LogP contribution is -2.38. The number of allylic oxidation sites excluding steroid dienone is 3. The van der Waals surface area contributed by atoms with Gasteiger partial charge >= 0.3 is 0 Å². The van der Waals surface area contributed by atoms with Gasteiger partial charge in [0.15, 0.2) is 0 Å². The molecule has 3 heterocycles. The molecule has 1 aliphatic heterocycles. The summed E-state index contributed by atoms with van der Waals surface area (Å²) in [5, 5.41) is 5.47. The molecule has 0 atom stereocenters. The van der Waals surface area contributed by atoms with Gasteiger partial charge in [-0.2, -0.15) is 5.10 Å². The molecule has 0 saturated carbocycles. The summed E-state index contributed by atoms with van der Waals surface area (Å²) in [7, 11) is 0. The van der Waals surface area contributed by atoms with E-state index in [2.05, 4.69) is 116 Å². The zero-order valence-corrected chi connectivity index (χ0v) is 26.4. The lowest BCUT2D eigenvalue weighted by Gasteiger charge is -2.36. The van der Waals surface area contributed by atoms with E-state index in [1.807, 2.05) is 67.0 Å². The molecule has 0 fully saturated rings. The van der Waals surface area contributed by atoms with Crippen molar-refractivity contribution in [1.82, 2.24) is 14.8 Å². The Hall–Kier alpha value is -5.94. The van der Waals surface area contributed by atoms with E-state index in [-0.39, 0.29) is 5.41 Å². The first-order valence-corrected chi connectivity index (χ1v) is 15.7. The molecule has 47 heavy (non-hydrogen) atoms. The third-order valence-corrected chi connectivity index (χ3v) is 8.60. The van der Waals surface area contributed by atoms with Crippen molar-refractivity contribution in [3.63, 3.8) is 0 Å². The first kappa shape index (κ1) is 29.8. The number of benzene rings is 4. The maximum Gasteiger partial charge on any atom is 0.150 e. The summed E-state index contributed by atoms with van der Waals surface area (Å²) >= 11 is 0. The topological polar surface area (TPSA) is 60.1 Å². The summed E-state index contributed by atoms with van der Waals surface area (Å²) in [6, 6.07) is 43.2. The molecule has 0 radical (unpaired) electrons. The third kappa shape index (κ3) is 5.68. The number of hydrogen-bond donors (Lipinski definition) is 0. The molecule has 2 aromatic heterocycles. The van der Waals surface area contributed by atoms with Crippen molar-refractivity contribution in [1.29, 1.82) is 0 Å². The Morgan fingerprint density at radius 3 is 1.89 bits per heavy atom. The van der Waals surface area contributed by atoms with Gasteiger partial charge in [0, 0.05) is 40.7 Å². The lowest BCUT2D eigenvalue weighted by molar-refractivity contribution is 0.112. The average molecular weight is 611 g/mol.